The van der Waals surface area contributed by atoms with E-state index in [0.29, 0.717) is 12.4 Å². The van der Waals surface area contributed by atoms with E-state index in [1.165, 1.54) is 0 Å². The summed E-state index contributed by atoms with van der Waals surface area (Å²) in [7, 11) is 0. The van der Waals surface area contributed by atoms with E-state index in [1.807, 2.05) is 20.8 Å². The molecule has 0 fully saturated rings. The minimum Gasteiger partial charge on any atom is -0.295 e. The van der Waals surface area contributed by atoms with Crippen LogP contribution in [0.15, 0.2) is 0 Å². The molecule has 64 valence electrons. The van der Waals surface area contributed by atoms with Crippen LogP contribution < -0.4 is 10.7 Å². The zero-order valence-corrected chi connectivity index (χ0v) is 7.69. The highest BCUT2D eigenvalue weighted by Gasteiger charge is 2.21. The number of carbonyl (C=O) groups is 1. The van der Waals surface area contributed by atoms with Crippen molar-refractivity contribution in [1.82, 2.24) is 0 Å². The molecule has 0 heterocycles. The lowest BCUT2D eigenvalue weighted by molar-refractivity contribution is -0.446. The molecule has 0 bridgehead atoms. The average Bonchev–Trinajstić information content (AvgIpc) is 1.80. The Bertz CT molecular complexity index is 173. The van der Waals surface area contributed by atoms with Crippen molar-refractivity contribution in [2.75, 3.05) is 6.54 Å². The molecule has 0 aromatic carbocycles. The van der Waals surface area contributed by atoms with Gasteiger partial charge in [0.2, 0.25) is 5.84 Å². The molecule has 0 aliphatic heterocycles. The molecule has 11 heavy (non-hydrogen) atoms. The molecule has 0 aromatic rings. The number of ketones is 1. The maximum absolute atomic E-state index is 11.2. The third-order valence-corrected chi connectivity index (χ3v) is 1.36. The Morgan fingerprint density at radius 1 is 1.45 bits per heavy atom. The van der Waals surface area contributed by atoms with Crippen LogP contribution >= 0.6 is 0 Å². The topological polar surface area (TPSA) is 57.1 Å². The Balaban J connectivity index is 4.01. The van der Waals surface area contributed by atoms with Crippen molar-refractivity contribution >= 4 is 11.6 Å². The van der Waals surface area contributed by atoms with Crippen molar-refractivity contribution < 1.29 is 9.79 Å². The fourth-order valence-electron chi connectivity index (χ4n) is 0.485. The molecule has 0 unspecified atom stereocenters. The summed E-state index contributed by atoms with van der Waals surface area (Å²) in [6.07, 6.45) is 0. The monoisotopic (exact) mass is 157 g/mol. The number of nitrogens with one attached hydrogen (secondary N) is 1. The van der Waals surface area contributed by atoms with Gasteiger partial charge in [-0.1, -0.05) is 20.8 Å². The molecular weight excluding hydrogens is 140 g/mol. The SMILES string of the molecule is CC(N)=[NH+]CC(=O)C(C)(C)C. The molecule has 0 rings (SSSR count). The number of nitrogens with two attached hydrogens (primary N) is 1. The molecule has 0 atom stereocenters. The third-order valence-electron chi connectivity index (χ3n) is 1.36. The van der Waals surface area contributed by atoms with Gasteiger partial charge in [-0.3, -0.25) is 15.5 Å². The highest BCUT2D eigenvalue weighted by Crippen LogP contribution is 2.12. The minimum absolute atomic E-state index is 0.169. The van der Waals surface area contributed by atoms with Crippen LogP contribution in [0.25, 0.3) is 0 Å². The number of carbonyl (C=O) groups excluding carboxylic acids is 1. The number of amidine groups is 1. The molecule has 0 aromatic heterocycles. The summed E-state index contributed by atoms with van der Waals surface area (Å²) in [5, 5.41) is 0. The summed E-state index contributed by atoms with van der Waals surface area (Å²) in [5.74, 6) is 0.755. The summed E-state index contributed by atoms with van der Waals surface area (Å²) < 4.78 is 0. The summed E-state index contributed by atoms with van der Waals surface area (Å²) in [5.41, 5.74) is 5.06. The van der Waals surface area contributed by atoms with Crippen LogP contribution in [0.3, 0.4) is 0 Å². The number of hydrogen-bond acceptors (Lipinski definition) is 1. The van der Waals surface area contributed by atoms with E-state index < -0.39 is 0 Å². The maximum Gasteiger partial charge on any atom is 0.237 e. The van der Waals surface area contributed by atoms with Gasteiger partial charge in [-0.05, 0) is 0 Å². The van der Waals surface area contributed by atoms with Gasteiger partial charge in [-0.15, -0.1) is 0 Å². The van der Waals surface area contributed by atoms with E-state index in [0.717, 1.165) is 0 Å². The van der Waals surface area contributed by atoms with E-state index >= 15 is 0 Å². The Hall–Kier alpha value is -0.860. The van der Waals surface area contributed by atoms with Crippen molar-refractivity contribution in [3.05, 3.63) is 0 Å². The van der Waals surface area contributed by atoms with Crippen LogP contribution in [0.4, 0.5) is 0 Å². The molecule has 3 heteroatoms. The van der Waals surface area contributed by atoms with Gasteiger partial charge in [-0.25, -0.2) is 0 Å². The Labute approximate surface area is 67.7 Å². The smallest absolute Gasteiger partial charge is 0.237 e. The fraction of sp³-hybridized carbons (Fsp3) is 0.750. The van der Waals surface area contributed by atoms with Crippen LogP contribution in [0, 0.1) is 5.41 Å². The van der Waals surface area contributed by atoms with Crippen molar-refractivity contribution in [1.29, 1.82) is 0 Å². The van der Waals surface area contributed by atoms with Gasteiger partial charge in [0.25, 0.3) is 0 Å². The van der Waals surface area contributed by atoms with Crippen LogP contribution in [0.1, 0.15) is 27.7 Å². The van der Waals surface area contributed by atoms with Gasteiger partial charge < -0.3 is 0 Å². The zero-order chi connectivity index (χ0) is 9.07. The standard InChI is InChI=1S/C8H16N2O/c1-6(9)10-5-7(11)8(2,3)4/h5H2,1-4H3,(H2,9,10)/p+1. The highest BCUT2D eigenvalue weighted by molar-refractivity contribution is 5.85. The van der Waals surface area contributed by atoms with E-state index in [4.69, 9.17) is 5.73 Å². The second kappa shape index (κ2) is 3.51. The first-order valence-electron chi connectivity index (χ1n) is 3.70. The Kier molecular flexibility index (Phi) is 3.23. The van der Waals surface area contributed by atoms with E-state index in [1.54, 1.807) is 6.92 Å². The lowest BCUT2D eigenvalue weighted by atomic mass is 9.91. The highest BCUT2D eigenvalue weighted by atomic mass is 16.1. The third kappa shape index (κ3) is 4.53. The number of Topliss-reactive ketones (excluding diaryl/α,β-unsaturated/α-hetero) is 1. The van der Waals surface area contributed by atoms with E-state index in [2.05, 4.69) is 4.99 Å². The van der Waals surface area contributed by atoms with Crippen molar-refractivity contribution in [3.63, 3.8) is 0 Å². The molecule has 3 nitrogen and oxygen atoms in total. The molecule has 0 radical (unpaired) electrons. The van der Waals surface area contributed by atoms with Gasteiger partial charge >= 0.3 is 0 Å². The minimum atomic E-state index is -0.275. The number of rotatable bonds is 2. The van der Waals surface area contributed by atoms with Crippen LogP contribution in [0.5, 0.6) is 0 Å². The molecule has 0 spiro atoms. The summed E-state index contributed by atoms with van der Waals surface area (Å²) in [6.45, 7) is 7.73. The Morgan fingerprint density at radius 2 is 1.91 bits per heavy atom. The molecule has 0 aliphatic carbocycles. The molecule has 0 amide bonds. The second-order valence-corrected chi connectivity index (χ2v) is 3.71. The predicted octanol–water partition coefficient (Wildman–Crippen LogP) is -0.941. The summed E-state index contributed by atoms with van der Waals surface area (Å²) >= 11 is 0. The normalized spacial score (nSPS) is 13.3. The van der Waals surface area contributed by atoms with E-state index in [9.17, 15) is 4.79 Å². The molecule has 0 saturated carbocycles. The Morgan fingerprint density at radius 3 is 2.18 bits per heavy atom. The largest absolute Gasteiger partial charge is 0.295 e. The van der Waals surface area contributed by atoms with E-state index in [-0.39, 0.29) is 11.2 Å². The molecular formula is C8H17N2O+. The van der Waals surface area contributed by atoms with Gasteiger partial charge in [0.05, 0.1) is 0 Å². The lowest BCUT2D eigenvalue weighted by Crippen LogP contribution is -2.77. The van der Waals surface area contributed by atoms with Crippen molar-refractivity contribution in [2.45, 2.75) is 27.7 Å². The second-order valence-electron chi connectivity index (χ2n) is 3.71. The summed E-state index contributed by atoms with van der Waals surface area (Å²) in [6, 6.07) is 0. The predicted molar refractivity (Wildman–Crippen MR) is 45.2 cm³/mol. The number of hydrogen-bond donors (Lipinski definition) is 2. The van der Waals surface area contributed by atoms with Crippen LogP contribution in [-0.4, -0.2) is 18.2 Å². The first-order valence-corrected chi connectivity index (χ1v) is 3.70. The van der Waals surface area contributed by atoms with Crippen molar-refractivity contribution in [3.8, 4) is 0 Å². The van der Waals surface area contributed by atoms with Crippen LogP contribution in [0.2, 0.25) is 0 Å². The first kappa shape index (κ1) is 10.1. The lowest BCUT2D eigenvalue weighted by Gasteiger charge is -2.13. The average molecular weight is 157 g/mol. The van der Waals surface area contributed by atoms with Crippen LogP contribution in [-0.2, 0) is 4.79 Å². The quantitative estimate of drug-likeness (QED) is 0.401. The fourth-order valence-corrected chi connectivity index (χ4v) is 0.485. The molecule has 0 saturated heterocycles. The molecule has 0 aliphatic rings. The van der Waals surface area contributed by atoms with Crippen molar-refractivity contribution in [2.24, 2.45) is 11.1 Å². The molecule has 3 N–H and O–H groups in total. The first-order chi connectivity index (χ1) is 4.84. The van der Waals surface area contributed by atoms with Gasteiger partial charge in [0.15, 0.2) is 5.78 Å². The summed E-state index contributed by atoms with van der Waals surface area (Å²) in [4.78, 5) is 14.0. The zero-order valence-electron chi connectivity index (χ0n) is 7.69. The maximum atomic E-state index is 11.2. The van der Waals surface area contributed by atoms with Gasteiger partial charge in [0.1, 0.15) is 6.54 Å². The van der Waals surface area contributed by atoms with Gasteiger partial charge in [-0.2, -0.15) is 0 Å². The van der Waals surface area contributed by atoms with Gasteiger partial charge in [0, 0.05) is 12.3 Å².